The fraction of sp³-hybridized carbons (Fsp3) is 0.385. The largest absolute Gasteiger partial charge is 0.355 e. The zero-order valence-electron chi connectivity index (χ0n) is 10.2. The maximum atomic E-state index is 11.3. The second-order valence-electron chi connectivity index (χ2n) is 3.93. The zero-order valence-corrected chi connectivity index (χ0v) is 10.2. The van der Waals surface area contributed by atoms with Crippen LogP contribution in [0.15, 0.2) is 24.3 Å². The van der Waals surface area contributed by atoms with Crippen LogP contribution in [-0.2, 0) is 11.3 Å². The first-order chi connectivity index (χ1) is 8.15. The van der Waals surface area contributed by atoms with E-state index in [1.54, 1.807) is 12.1 Å². The minimum atomic E-state index is 0.0312. The number of carbonyl (C=O) groups is 1. The zero-order chi connectivity index (χ0) is 12.7. The smallest absolute Gasteiger partial charge is 0.234 e. The molecule has 1 rings (SSSR count). The summed E-state index contributed by atoms with van der Waals surface area (Å²) >= 11 is 0. The van der Waals surface area contributed by atoms with Crippen molar-refractivity contribution < 1.29 is 4.79 Å². The summed E-state index contributed by atoms with van der Waals surface area (Å²) in [7, 11) is 1.90. The van der Waals surface area contributed by atoms with Crippen molar-refractivity contribution in [2.24, 2.45) is 0 Å². The summed E-state index contributed by atoms with van der Waals surface area (Å²) in [5, 5.41) is 11.4. The Morgan fingerprint density at radius 1 is 1.41 bits per heavy atom. The maximum absolute atomic E-state index is 11.3. The predicted molar refractivity (Wildman–Crippen MR) is 66.2 cm³/mol. The van der Waals surface area contributed by atoms with Crippen molar-refractivity contribution in [3.05, 3.63) is 35.4 Å². The van der Waals surface area contributed by atoms with Crippen LogP contribution >= 0.6 is 0 Å². The lowest BCUT2D eigenvalue weighted by Gasteiger charge is -2.15. The Kier molecular flexibility index (Phi) is 5.18. The van der Waals surface area contributed by atoms with Crippen molar-refractivity contribution in [1.82, 2.24) is 10.2 Å². The lowest BCUT2D eigenvalue weighted by atomic mass is 10.1. The molecule has 0 heterocycles. The first-order valence-corrected chi connectivity index (χ1v) is 5.60. The summed E-state index contributed by atoms with van der Waals surface area (Å²) in [6, 6.07) is 9.47. The molecular weight excluding hydrogens is 214 g/mol. The Morgan fingerprint density at radius 2 is 2.06 bits per heavy atom. The van der Waals surface area contributed by atoms with Crippen LogP contribution in [0.5, 0.6) is 0 Å². The molecule has 1 aromatic carbocycles. The van der Waals surface area contributed by atoms with Gasteiger partial charge in [-0.3, -0.25) is 9.69 Å². The number of hydrogen-bond donors (Lipinski definition) is 1. The molecule has 0 bridgehead atoms. The first-order valence-electron chi connectivity index (χ1n) is 5.60. The van der Waals surface area contributed by atoms with E-state index in [0.29, 0.717) is 25.2 Å². The van der Waals surface area contributed by atoms with E-state index in [9.17, 15) is 4.79 Å². The van der Waals surface area contributed by atoms with E-state index in [1.165, 1.54) is 0 Å². The number of rotatable bonds is 5. The lowest BCUT2D eigenvalue weighted by molar-refractivity contribution is -0.121. The Morgan fingerprint density at radius 3 is 2.59 bits per heavy atom. The van der Waals surface area contributed by atoms with Gasteiger partial charge in [-0.1, -0.05) is 12.1 Å². The third-order valence-electron chi connectivity index (χ3n) is 2.32. The molecule has 0 fully saturated rings. The maximum Gasteiger partial charge on any atom is 0.234 e. The topological polar surface area (TPSA) is 56.1 Å². The van der Waals surface area contributed by atoms with Crippen molar-refractivity contribution in [1.29, 1.82) is 5.26 Å². The van der Waals surface area contributed by atoms with Gasteiger partial charge >= 0.3 is 0 Å². The molecule has 1 amide bonds. The fourth-order valence-electron chi connectivity index (χ4n) is 1.55. The number of nitrogens with one attached hydrogen (secondary N) is 1. The van der Waals surface area contributed by atoms with E-state index in [1.807, 2.05) is 31.0 Å². The lowest BCUT2D eigenvalue weighted by Crippen LogP contribution is -2.34. The molecule has 1 aromatic rings. The quantitative estimate of drug-likeness (QED) is 0.826. The Hall–Kier alpha value is -1.86. The van der Waals surface area contributed by atoms with Crippen LogP contribution in [0.1, 0.15) is 18.1 Å². The van der Waals surface area contributed by atoms with E-state index in [4.69, 9.17) is 5.26 Å². The third kappa shape index (κ3) is 4.66. The summed E-state index contributed by atoms with van der Waals surface area (Å²) in [6.07, 6.45) is 0. The molecule has 0 saturated heterocycles. The van der Waals surface area contributed by atoms with Gasteiger partial charge in [-0.05, 0) is 31.7 Å². The van der Waals surface area contributed by atoms with Crippen molar-refractivity contribution in [2.75, 3.05) is 20.1 Å². The van der Waals surface area contributed by atoms with Gasteiger partial charge < -0.3 is 5.32 Å². The highest BCUT2D eigenvalue weighted by Gasteiger charge is 2.05. The highest BCUT2D eigenvalue weighted by molar-refractivity contribution is 5.77. The normalized spacial score (nSPS) is 10.0. The minimum absolute atomic E-state index is 0.0312. The Bertz CT molecular complexity index is 406. The van der Waals surface area contributed by atoms with Crippen LogP contribution in [0, 0.1) is 11.3 Å². The van der Waals surface area contributed by atoms with Gasteiger partial charge in [0.15, 0.2) is 0 Å². The highest BCUT2D eigenvalue weighted by Crippen LogP contribution is 2.05. The number of nitrogens with zero attached hydrogens (tertiary/aromatic N) is 2. The van der Waals surface area contributed by atoms with Gasteiger partial charge in [-0.25, -0.2) is 0 Å². The number of nitriles is 1. The molecule has 0 spiro atoms. The van der Waals surface area contributed by atoms with Gasteiger partial charge in [0, 0.05) is 13.1 Å². The van der Waals surface area contributed by atoms with Crippen molar-refractivity contribution in [3.63, 3.8) is 0 Å². The van der Waals surface area contributed by atoms with E-state index in [0.717, 1.165) is 5.56 Å². The van der Waals surface area contributed by atoms with Crippen LogP contribution < -0.4 is 5.32 Å². The van der Waals surface area contributed by atoms with Gasteiger partial charge in [0.05, 0.1) is 18.2 Å². The van der Waals surface area contributed by atoms with Gasteiger partial charge in [0.25, 0.3) is 0 Å². The van der Waals surface area contributed by atoms with Crippen molar-refractivity contribution >= 4 is 5.91 Å². The molecule has 0 aromatic heterocycles. The van der Waals surface area contributed by atoms with Crippen LogP contribution in [-0.4, -0.2) is 30.9 Å². The molecule has 90 valence electrons. The van der Waals surface area contributed by atoms with Crippen molar-refractivity contribution in [3.8, 4) is 6.07 Å². The SMILES string of the molecule is CCNC(=O)CN(C)Cc1ccc(C#N)cc1. The summed E-state index contributed by atoms with van der Waals surface area (Å²) < 4.78 is 0. The van der Waals surface area contributed by atoms with Crippen LogP contribution in [0.2, 0.25) is 0 Å². The molecule has 0 unspecified atom stereocenters. The standard InChI is InChI=1S/C13H17N3O/c1-3-15-13(17)10-16(2)9-12-6-4-11(8-14)5-7-12/h4-7H,3,9-10H2,1-2H3,(H,15,17). The monoisotopic (exact) mass is 231 g/mol. The second kappa shape index (κ2) is 6.66. The van der Waals surface area contributed by atoms with Crippen LogP contribution in [0.4, 0.5) is 0 Å². The molecule has 4 nitrogen and oxygen atoms in total. The third-order valence-corrected chi connectivity index (χ3v) is 2.32. The molecule has 0 aliphatic rings. The minimum Gasteiger partial charge on any atom is -0.355 e. The van der Waals surface area contributed by atoms with E-state index in [2.05, 4.69) is 11.4 Å². The Balaban J connectivity index is 2.47. The molecule has 4 heteroatoms. The molecule has 0 aliphatic carbocycles. The summed E-state index contributed by atoms with van der Waals surface area (Å²) in [6.45, 7) is 3.64. The molecular formula is C13H17N3O. The summed E-state index contributed by atoms with van der Waals surface area (Å²) in [4.78, 5) is 13.3. The van der Waals surface area contributed by atoms with Crippen LogP contribution in [0.25, 0.3) is 0 Å². The van der Waals surface area contributed by atoms with E-state index < -0.39 is 0 Å². The molecule has 1 N–H and O–H groups in total. The van der Waals surface area contributed by atoms with E-state index >= 15 is 0 Å². The summed E-state index contributed by atoms with van der Waals surface area (Å²) in [5.41, 5.74) is 1.75. The molecule has 0 aliphatic heterocycles. The average Bonchev–Trinajstić information content (AvgIpc) is 2.30. The second-order valence-corrected chi connectivity index (χ2v) is 3.93. The molecule has 0 saturated carbocycles. The number of amides is 1. The van der Waals surface area contributed by atoms with Gasteiger partial charge in [0.1, 0.15) is 0 Å². The van der Waals surface area contributed by atoms with Gasteiger partial charge in [-0.2, -0.15) is 5.26 Å². The van der Waals surface area contributed by atoms with Gasteiger partial charge in [-0.15, -0.1) is 0 Å². The number of hydrogen-bond acceptors (Lipinski definition) is 3. The fourth-order valence-corrected chi connectivity index (χ4v) is 1.55. The van der Waals surface area contributed by atoms with Crippen molar-refractivity contribution in [2.45, 2.75) is 13.5 Å². The van der Waals surface area contributed by atoms with Gasteiger partial charge in [0.2, 0.25) is 5.91 Å². The molecule has 17 heavy (non-hydrogen) atoms. The molecule has 0 atom stereocenters. The highest BCUT2D eigenvalue weighted by atomic mass is 16.1. The summed E-state index contributed by atoms with van der Waals surface area (Å²) in [5.74, 6) is 0.0312. The number of carbonyl (C=O) groups excluding carboxylic acids is 1. The van der Waals surface area contributed by atoms with E-state index in [-0.39, 0.29) is 5.91 Å². The van der Waals surface area contributed by atoms with Crippen LogP contribution in [0.3, 0.4) is 0 Å². The first kappa shape index (κ1) is 13.2. The molecule has 0 radical (unpaired) electrons. The Labute approximate surface area is 102 Å². The predicted octanol–water partition coefficient (Wildman–Crippen LogP) is 1.13. The average molecular weight is 231 g/mol. The number of benzene rings is 1. The number of likely N-dealkylation sites (N-methyl/N-ethyl adjacent to an activating group) is 2.